The first-order valence-corrected chi connectivity index (χ1v) is 8.75. The second-order valence-electron chi connectivity index (χ2n) is 6.55. The molecule has 0 radical (unpaired) electrons. The Morgan fingerprint density at radius 2 is 1.77 bits per heavy atom. The van der Waals surface area contributed by atoms with Crippen molar-refractivity contribution < 1.29 is 9.59 Å². The maximum Gasteiger partial charge on any atom is 0.242 e. The summed E-state index contributed by atoms with van der Waals surface area (Å²) < 4.78 is 0. The molecular weight excluding hydrogens is 375 g/mol. The van der Waals surface area contributed by atoms with E-state index < -0.39 is 0 Å². The first kappa shape index (κ1) is 22.7. The molecule has 2 amide bonds. The normalized spacial score (nSPS) is 20.0. The van der Waals surface area contributed by atoms with Crippen molar-refractivity contribution >= 4 is 36.6 Å². The summed E-state index contributed by atoms with van der Waals surface area (Å²) in [6, 6.07) is 10.4. The van der Waals surface area contributed by atoms with Crippen molar-refractivity contribution in [3.63, 3.8) is 0 Å². The van der Waals surface area contributed by atoms with Gasteiger partial charge in [-0.05, 0) is 18.5 Å². The first-order valence-electron chi connectivity index (χ1n) is 8.75. The molecule has 2 N–H and O–H groups in total. The van der Waals surface area contributed by atoms with E-state index in [2.05, 4.69) is 39.8 Å². The molecule has 1 atom stereocenters. The van der Waals surface area contributed by atoms with Crippen LogP contribution in [0.3, 0.4) is 0 Å². The number of halogens is 2. The van der Waals surface area contributed by atoms with Crippen LogP contribution in [0.25, 0.3) is 0 Å². The Morgan fingerprint density at radius 3 is 2.38 bits per heavy atom. The van der Waals surface area contributed by atoms with Crippen molar-refractivity contribution in [1.29, 1.82) is 0 Å². The van der Waals surface area contributed by atoms with Crippen LogP contribution in [0, 0.1) is 5.92 Å². The van der Waals surface area contributed by atoms with Crippen LogP contribution in [0.4, 0.5) is 0 Å². The highest BCUT2D eigenvalue weighted by atomic mass is 35.5. The minimum Gasteiger partial charge on any atom is -0.347 e. The predicted octanol–water partition coefficient (Wildman–Crippen LogP) is 0.900. The molecule has 2 fully saturated rings. The zero-order valence-corrected chi connectivity index (χ0v) is 16.5. The van der Waals surface area contributed by atoms with Crippen LogP contribution >= 0.6 is 24.8 Å². The van der Waals surface area contributed by atoms with Gasteiger partial charge in [-0.2, -0.15) is 0 Å². The van der Waals surface area contributed by atoms with Crippen LogP contribution in [0.15, 0.2) is 30.3 Å². The summed E-state index contributed by atoms with van der Waals surface area (Å²) in [7, 11) is 0. The van der Waals surface area contributed by atoms with Crippen molar-refractivity contribution in [1.82, 2.24) is 20.4 Å². The fraction of sp³-hybridized carbons (Fsp3) is 0.556. The third-order valence-corrected chi connectivity index (χ3v) is 4.82. The average Bonchev–Trinajstić information content (AvgIpc) is 3.16. The van der Waals surface area contributed by atoms with Crippen LogP contribution in [-0.2, 0) is 16.1 Å². The van der Waals surface area contributed by atoms with E-state index in [1.165, 1.54) is 5.56 Å². The lowest BCUT2D eigenvalue weighted by Gasteiger charge is -2.34. The highest BCUT2D eigenvalue weighted by molar-refractivity contribution is 5.86. The number of nitrogens with zero attached hydrogens (tertiary/aromatic N) is 2. The maximum atomic E-state index is 12.3. The Kier molecular flexibility index (Phi) is 9.94. The Morgan fingerprint density at radius 1 is 1.08 bits per heavy atom. The lowest BCUT2D eigenvalue weighted by molar-refractivity contribution is -0.135. The predicted molar refractivity (Wildman–Crippen MR) is 107 cm³/mol. The topological polar surface area (TPSA) is 64.7 Å². The fourth-order valence-corrected chi connectivity index (χ4v) is 3.29. The zero-order chi connectivity index (χ0) is 16.8. The van der Waals surface area contributed by atoms with E-state index in [9.17, 15) is 9.59 Å². The van der Waals surface area contributed by atoms with Gasteiger partial charge in [-0.3, -0.25) is 14.5 Å². The number of piperazine rings is 1. The van der Waals surface area contributed by atoms with Crippen LogP contribution in [0.2, 0.25) is 0 Å². The molecule has 0 aliphatic carbocycles. The summed E-state index contributed by atoms with van der Waals surface area (Å²) in [6.45, 7) is 5.86. The SMILES string of the molecule is Cl.Cl.O=C(NCC(=O)N1CCN(Cc2ccccc2)CC1)C1CCNC1. The highest BCUT2D eigenvalue weighted by Gasteiger charge is 2.25. The molecule has 0 bridgehead atoms. The average molecular weight is 403 g/mol. The largest absolute Gasteiger partial charge is 0.347 e. The molecule has 8 heteroatoms. The standard InChI is InChI=1S/C18H26N4O2.2ClH/c23-17(13-20-18(24)16-6-7-19-12-16)22-10-8-21(9-11-22)14-15-4-2-1-3-5-15;;/h1-5,16,19H,6-14H2,(H,20,24);2*1H. The molecular formula is C18H28Cl2N4O2. The fourth-order valence-electron chi connectivity index (χ4n) is 3.29. The van der Waals surface area contributed by atoms with Crippen LogP contribution < -0.4 is 10.6 Å². The molecule has 1 aromatic rings. The number of rotatable bonds is 5. The molecule has 0 saturated carbocycles. The zero-order valence-electron chi connectivity index (χ0n) is 14.9. The molecule has 1 aromatic carbocycles. The molecule has 3 rings (SSSR count). The van der Waals surface area contributed by atoms with Gasteiger partial charge in [-0.25, -0.2) is 0 Å². The summed E-state index contributed by atoms with van der Waals surface area (Å²) >= 11 is 0. The Labute approximate surface area is 167 Å². The summed E-state index contributed by atoms with van der Waals surface area (Å²) in [4.78, 5) is 28.4. The molecule has 6 nitrogen and oxygen atoms in total. The van der Waals surface area contributed by atoms with Gasteiger partial charge in [0.05, 0.1) is 12.5 Å². The van der Waals surface area contributed by atoms with Crippen molar-refractivity contribution in [2.24, 2.45) is 5.92 Å². The van der Waals surface area contributed by atoms with E-state index in [4.69, 9.17) is 0 Å². The van der Waals surface area contributed by atoms with Gasteiger partial charge in [-0.15, -0.1) is 24.8 Å². The molecule has 2 saturated heterocycles. The van der Waals surface area contributed by atoms with Crippen molar-refractivity contribution in [2.45, 2.75) is 13.0 Å². The monoisotopic (exact) mass is 402 g/mol. The Balaban J connectivity index is 0.00000169. The Hall–Kier alpha value is -1.34. The van der Waals surface area contributed by atoms with Gasteiger partial charge in [0.1, 0.15) is 0 Å². The summed E-state index contributed by atoms with van der Waals surface area (Å²) in [5.41, 5.74) is 1.30. The number of hydrogen-bond acceptors (Lipinski definition) is 4. The van der Waals surface area contributed by atoms with Crippen LogP contribution in [0.5, 0.6) is 0 Å². The van der Waals surface area contributed by atoms with E-state index in [1.54, 1.807) is 0 Å². The third-order valence-electron chi connectivity index (χ3n) is 4.82. The molecule has 0 aromatic heterocycles. The summed E-state index contributed by atoms with van der Waals surface area (Å²) in [6.07, 6.45) is 0.859. The van der Waals surface area contributed by atoms with Crippen LogP contribution in [-0.4, -0.2) is 67.4 Å². The van der Waals surface area contributed by atoms with Gasteiger partial charge >= 0.3 is 0 Å². The van der Waals surface area contributed by atoms with Gasteiger partial charge < -0.3 is 15.5 Å². The van der Waals surface area contributed by atoms with E-state index >= 15 is 0 Å². The maximum absolute atomic E-state index is 12.3. The molecule has 0 spiro atoms. The number of nitrogens with one attached hydrogen (secondary N) is 2. The summed E-state index contributed by atoms with van der Waals surface area (Å²) in [5, 5.41) is 5.96. The molecule has 2 aliphatic rings. The lowest BCUT2D eigenvalue weighted by Crippen LogP contribution is -2.51. The van der Waals surface area contributed by atoms with E-state index in [-0.39, 0.29) is 49.1 Å². The number of benzene rings is 1. The van der Waals surface area contributed by atoms with Crippen molar-refractivity contribution in [2.75, 3.05) is 45.8 Å². The molecule has 2 aliphatic heterocycles. The summed E-state index contributed by atoms with van der Waals surface area (Å²) in [5.74, 6) is 0.0326. The van der Waals surface area contributed by atoms with Gasteiger partial charge in [0, 0.05) is 39.3 Å². The highest BCUT2D eigenvalue weighted by Crippen LogP contribution is 2.09. The number of hydrogen-bond donors (Lipinski definition) is 2. The van der Waals surface area contributed by atoms with Gasteiger partial charge in [-0.1, -0.05) is 30.3 Å². The van der Waals surface area contributed by atoms with Gasteiger partial charge in [0.25, 0.3) is 0 Å². The van der Waals surface area contributed by atoms with Gasteiger partial charge in [0.2, 0.25) is 11.8 Å². The van der Waals surface area contributed by atoms with Crippen LogP contribution in [0.1, 0.15) is 12.0 Å². The molecule has 1 unspecified atom stereocenters. The Bertz CT molecular complexity index is 560. The quantitative estimate of drug-likeness (QED) is 0.767. The number of amides is 2. The first-order chi connectivity index (χ1) is 11.7. The molecule has 146 valence electrons. The van der Waals surface area contributed by atoms with E-state index in [0.29, 0.717) is 0 Å². The molecule has 26 heavy (non-hydrogen) atoms. The molecule has 2 heterocycles. The minimum atomic E-state index is -0.00364. The second-order valence-corrected chi connectivity index (χ2v) is 6.55. The van der Waals surface area contributed by atoms with Crippen molar-refractivity contribution in [3.8, 4) is 0 Å². The van der Waals surface area contributed by atoms with E-state index in [1.807, 2.05) is 11.0 Å². The number of carbonyl (C=O) groups is 2. The smallest absolute Gasteiger partial charge is 0.242 e. The third kappa shape index (κ3) is 6.43. The van der Waals surface area contributed by atoms with Crippen molar-refractivity contribution in [3.05, 3.63) is 35.9 Å². The van der Waals surface area contributed by atoms with Gasteiger partial charge in [0.15, 0.2) is 0 Å². The number of carbonyl (C=O) groups excluding carboxylic acids is 2. The minimum absolute atomic E-state index is 0. The lowest BCUT2D eigenvalue weighted by atomic mass is 10.1. The second kappa shape index (κ2) is 11.4. The van der Waals surface area contributed by atoms with E-state index in [0.717, 1.165) is 52.2 Å².